The van der Waals surface area contributed by atoms with Crippen molar-refractivity contribution in [2.45, 2.75) is 82.8 Å². The summed E-state index contributed by atoms with van der Waals surface area (Å²) in [5.74, 6) is 0.0497. The van der Waals surface area contributed by atoms with Gasteiger partial charge in [0, 0.05) is 6.54 Å². The van der Waals surface area contributed by atoms with Crippen LogP contribution in [0.3, 0.4) is 0 Å². The van der Waals surface area contributed by atoms with E-state index in [1.807, 2.05) is 0 Å². The van der Waals surface area contributed by atoms with E-state index in [1.54, 1.807) is 0 Å². The molecule has 178 valence electrons. The molecule has 1 fully saturated rings. The fourth-order valence-electron chi connectivity index (χ4n) is 3.94. The molecule has 3 rings (SSSR count). The Balaban J connectivity index is 1.68. The minimum Gasteiger partial charge on any atom is -0.394 e. The number of hydrogen-bond donors (Lipinski definition) is 5. The Morgan fingerprint density at radius 1 is 1.09 bits per heavy atom. The van der Waals surface area contributed by atoms with Gasteiger partial charge in [0.2, 0.25) is 5.95 Å². The first kappa shape index (κ1) is 24.3. The number of nitrogens with one attached hydrogen (secondary N) is 2. The third-order valence-electron chi connectivity index (χ3n) is 5.77. The van der Waals surface area contributed by atoms with Crippen LogP contribution < -0.4 is 16.4 Å². The highest BCUT2D eigenvalue weighted by Gasteiger charge is 2.44. The summed E-state index contributed by atoms with van der Waals surface area (Å²) in [5, 5.41) is 32.5. The van der Waals surface area contributed by atoms with Crippen molar-refractivity contribution >= 4 is 17.0 Å². The molecular formula is C21H33N5O6. The van der Waals surface area contributed by atoms with Crippen LogP contribution in [-0.4, -0.2) is 66.3 Å². The van der Waals surface area contributed by atoms with Crippen molar-refractivity contribution in [2.24, 2.45) is 0 Å². The number of fused-ring (bicyclic) bond motifs is 1. The van der Waals surface area contributed by atoms with Gasteiger partial charge in [0.25, 0.3) is 5.56 Å². The van der Waals surface area contributed by atoms with Crippen molar-refractivity contribution in [1.29, 1.82) is 0 Å². The van der Waals surface area contributed by atoms with E-state index in [2.05, 4.69) is 27.2 Å². The summed E-state index contributed by atoms with van der Waals surface area (Å²) in [6.07, 6.45) is 5.57. The summed E-state index contributed by atoms with van der Waals surface area (Å²) < 4.78 is 6.64. The molecule has 0 saturated carbocycles. The summed E-state index contributed by atoms with van der Waals surface area (Å²) in [6, 6.07) is 0. The molecule has 4 atom stereocenters. The lowest BCUT2D eigenvalue weighted by molar-refractivity contribution is -0.0509. The zero-order valence-electron chi connectivity index (χ0n) is 18.4. The smallest absolute Gasteiger partial charge is 0.301 e. The van der Waals surface area contributed by atoms with Crippen LogP contribution in [0.25, 0.3) is 11.0 Å². The summed E-state index contributed by atoms with van der Waals surface area (Å²) >= 11 is 0. The number of hydrogen-bond acceptors (Lipinski definition) is 9. The standard InChI is InChI=1S/C21H33N5O6/c1-2-3-4-5-6-7-8-9-10-22-21-24-18(30)14-15(19(31)25-21)26(12-23-14)20-17(29)16(28)13(11-27)32-20/h12-13,16-17,20,27-29H,2-11H2,1H3,(H2,22,24,25,30,31)/t13-,16-,17-,20-/m1/s1. The fraction of sp³-hybridized carbons (Fsp3) is 0.714. The molecule has 0 aliphatic carbocycles. The molecule has 3 heterocycles. The van der Waals surface area contributed by atoms with E-state index in [0.717, 1.165) is 19.3 Å². The molecule has 2 aromatic heterocycles. The molecule has 1 saturated heterocycles. The van der Waals surface area contributed by atoms with Gasteiger partial charge in [0.1, 0.15) is 23.8 Å². The van der Waals surface area contributed by atoms with Crippen LogP contribution in [0.4, 0.5) is 5.95 Å². The third kappa shape index (κ3) is 5.52. The Kier molecular flexibility index (Phi) is 8.74. The van der Waals surface area contributed by atoms with Gasteiger partial charge in [-0.3, -0.25) is 19.1 Å². The van der Waals surface area contributed by atoms with E-state index in [-0.39, 0.29) is 17.0 Å². The van der Waals surface area contributed by atoms with E-state index < -0.39 is 42.3 Å². The molecule has 2 aromatic rings. The average Bonchev–Trinajstić information content (AvgIpc) is 3.30. The number of ether oxygens (including phenoxy) is 1. The molecule has 5 N–H and O–H groups in total. The van der Waals surface area contributed by atoms with Gasteiger partial charge in [-0.15, -0.1) is 0 Å². The summed E-state index contributed by atoms with van der Waals surface area (Å²) in [4.78, 5) is 35.8. The van der Waals surface area contributed by atoms with E-state index in [1.165, 1.54) is 43.0 Å². The highest BCUT2D eigenvalue weighted by Crippen LogP contribution is 2.30. The van der Waals surface area contributed by atoms with Gasteiger partial charge in [-0.2, -0.15) is 4.98 Å². The lowest BCUT2D eigenvalue weighted by Crippen LogP contribution is -2.33. The first-order valence-electron chi connectivity index (χ1n) is 11.4. The number of aromatic amines is 1. The maximum Gasteiger partial charge on any atom is 0.301 e. The van der Waals surface area contributed by atoms with Gasteiger partial charge in [-0.1, -0.05) is 51.9 Å². The first-order chi connectivity index (χ1) is 15.5. The zero-order valence-corrected chi connectivity index (χ0v) is 18.4. The van der Waals surface area contributed by atoms with E-state index in [0.29, 0.717) is 6.54 Å². The van der Waals surface area contributed by atoms with Crippen LogP contribution in [0, 0.1) is 0 Å². The number of anilines is 1. The fourth-order valence-corrected chi connectivity index (χ4v) is 3.94. The number of aliphatic hydroxyl groups is 3. The van der Waals surface area contributed by atoms with Crippen LogP contribution in [-0.2, 0) is 4.74 Å². The Morgan fingerprint density at radius 3 is 2.44 bits per heavy atom. The van der Waals surface area contributed by atoms with Gasteiger partial charge >= 0.3 is 5.56 Å². The van der Waals surface area contributed by atoms with E-state index >= 15 is 0 Å². The molecular weight excluding hydrogens is 418 g/mol. The molecule has 11 nitrogen and oxygen atoms in total. The second kappa shape index (κ2) is 11.5. The van der Waals surface area contributed by atoms with E-state index in [4.69, 9.17) is 4.74 Å². The highest BCUT2D eigenvalue weighted by atomic mass is 16.6. The van der Waals surface area contributed by atoms with Crippen molar-refractivity contribution < 1.29 is 20.1 Å². The third-order valence-corrected chi connectivity index (χ3v) is 5.77. The van der Waals surface area contributed by atoms with Crippen molar-refractivity contribution in [3.05, 3.63) is 27.0 Å². The largest absolute Gasteiger partial charge is 0.394 e. The molecule has 11 heteroatoms. The maximum absolute atomic E-state index is 12.8. The number of imidazole rings is 1. The van der Waals surface area contributed by atoms with Gasteiger partial charge in [0.05, 0.1) is 12.9 Å². The van der Waals surface area contributed by atoms with Gasteiger partial charge in [-0.05, 0) is 6.42 Å². The number of nitrogens with zero attached hydrogens (tertiary/aromatic N) is 3. The Morgan fingerprint density at radius 2 is 1.78 bits per heavy atom. The summed E-state index contributed by atoms with van der Waals surface area (Å²) in [5.41, 5.74) is -1.65. The van der Waals surface area contributed by atoms with Crippen LogP contribution in [0.1, 0.15) is 64.5 Å². The quantitative estimate of drug-likeness (QED) is 0.291. The summed E-state index contributed by atoms with van der Waals surface area (Å²) in [7, 11) is 0. The normalized spacial score (nSPS) is 23.1. The Labute approximate surface area is 185 Å². The minimum atomic E-state index is -1.41. The second-order valence-electron chi connectivity index (χ2n) is 8.20. The predicted octanol–water partition coefficient (Wildman–Crippen LogP) is 0.644. The van der Waals surface area contributed by atoms with Crippen LogP contribution in [0.2, 0.25) is 0 Å². The Hall–Kier alpha value is -2.34. The number of aliphatic hydroxyl groups excluding tert-OH is 3. The highest BCUT2D eigenvalue weighted by molar-refractivity contribution is 5.73. The molecule has 0 unspecified atom stereocenters. The van der Waals surface area contributed by atoms with Crippen LogP contribution in [0.15, 0.2) is 15.9 Å². The lowest BCUT2D eigenvalue weighted by Gasteiger charge is -2.16. The Bertz CT molecular complexity index is 993. The number of H-pyrrole nitrogens is 1. The van der Waals surface area contributed by atoms with Crippen LogP contribution in [0.5, 0.6) is 0 Å². The van der Waals surface area contributed by atoms with E-state index in [9.17, 15) is 24.9 Å². The SMILES string of the molecule is CCCCCCCCCCNc1nc(=O)c2ncn([C@@H]3O[C@H](CO)[C@@H](O)[C@H]3O)c2c(=O)[nH]1. The number of unbranched alkanes of at least 4 members (excludes halogenated alkanes) is 7. The van der Waals surface area contributed by atoms with Crippen molar-refractivity contribution in [2.75, 3.05) is 18.5 Å². The van der Waals surface area contributed by atoms with Crippen LogP contribution >= 0.6 is 0 Å². The molecule has 0 radical (unpaired) electrons. The molecule has 0 bridgehead atoms. The predicted molar refractivity (Wildman–Crippen MR) is 119 cm³/mol. The van der Waals surface area contributed by atoms with Crippen molar-refractivity contribution in [3.8, 4) is 0 Å². The average molecular weight is 452 g/mol. The summed E-state index contributed by atoms with van der Waals surface area (Å²) in [6.45, 7) is 2.25. The van der Waals surface area contributed by atoms with Crippen molar-refractivity contribution in [1.82, 2.24) is 19.5 Å². The zero-order chi connectivity index (χ0) is 23.1. The molecule has 1 aliphatic heterocycles. The van der Waals surface area contributed by atoms with Gasteiger partial charge < -0.3 is 25.4 Å². The van der Waals surface area contributed by atoms with Gasteiger partial charge in [-0.25, -0.2) is 4.98 Å². The second-order valence-corrected chi connectivity index (χ2v) is 8.20. The molecule has 0 spiro atoms. The topological polar surface area (TPSA) is 163 Å². The van der Waals surface area contributed by atoms with Crippen molar-refractivity contribution in [3.63, 3.8) is 0 Å². The molecule has 32 heavy (non-hydrogen) atoms. The maximum atomic E-state index is 12.8. The lowest BCUT2D eigenvalue weighted by atomic mass is 10.1. The van der Waals surface area contributed by atoms with Gasteiger partial charge in [0.15, 0.2) is 11.7 Å². The number of aromatic nitrogens is 4. The number of rotatable bonds is 12. The molecule has 1 aliphatic rings. The monoisotopic (exact) mass is 451 g/mol. The molecule has 0 aromatic carbocycles. The molecule has 0 amide bonds. The first-order valence-corrected chi connectivity index (χ1v) is 11.4. The minimum absolute atomic E-state index is 0.0497.